The average molecular weight is 273 g/mol. The second kappa shape index (κ2) is 4.90. The molecule has 1 aliphatic rings. The predicted molar refractivity (Wildman–Crippen MR) is 75.8 cm³/mol. The minimum absolute atomic E-state index is 0.0307. The number of carbonyl (C=O) groups is 1. The molecule has 106 valence electrons. The largest absolute Gasteiger partial charge is 0.372 e. The van der Waals surface area contributed by atoms with E-state index in [1.807, 2.05) is 54.5 Å². The molecule has 2 aromatic rings. The summed E-state index contributed by atoms with van der Waals surface area (Å²) in [6.07, 6.45) is 2.03. The molecule has 0 aromatic carbocycles. The van der Waals surface area contributed by atoms with E-state index in [0.717, 1.165) is 11.3 Å². The molecule has 1 aliphatic heterocycles. The van der Waals surface area contributed by atoms with Crippen LogP contribution in [0, 0.1) is 6.92 Å². The van der Waals surface area contributed by atoms with E-state index < -0.39 is 0 Å². The third-order valence-electron chi connectivity index (χ3n) is 3.61. The molecule has 5 heteroatoms. The SMILES string of the molecule is Cc1nc2ccccn2c1C(=O)N1CC(C)OC(C)C1. The molecule has 1 saturated heterocycles. The van der Waals surface area contributed by atoms with Gasteiger partial charge in [0, 0.05) is 19.3 Å². The van der Waals surface area contributed by atoms with Crippen LogP contribution in [0.1, 0.15) is 30.0 Å². The Morgan fingerprint density at radius 3 is 2.70 bits per heavy atom. The van der Waals surface area contributed by atoms with Gasteiger partial charge in [0.25, 0.3) is 5.91 Å². The molecule has 1 amide bonds. The summed E-state index contributed by atoms with van der Waals surface area (Å²) < 4.78 is 7.55. The first-order chi connectivity index (χ1) is 9.56. The number of morpholine rings is 1. The summed E-state index contributed by atoms with van der Waals surface area (Å²) in [6.45, 7) is 7.13. The van der Waals surface area contributed by atoms with E-state index in [1.165, 1.54) is 0 Å². The zero-order chi connectivity index (χ0) is 14.3. The van der Waals surface area contributed by atoms with E-state index >= 15 is 0 Å². The fourth-order valence-corrected chi connectivity index (χ4v) is 2.86. The van der Waals surface area contributed by atoms with Crippen LogP contribution in [0.3, 0.4) is 0 Å². The minimum atomic E-state index is 0.0307. The fourth-order valence-electron chi connectivity index (χ4n) is 2.86. The second-order valence-electron chi connectivity index (χ2n) is 5.44. The maximum absolute atomic E-state index is 12.8. The molecular formula is C15H19N3O2. The summed E-state index contributed by atoms with van der Waals surface area (Å²) in [6, 6.07) is 5.75. The van der Waals surface area contributed by atoms with Gasteiger partial charge in [-0.15, -0.1) is 0 Å². The van der Waals surface area contributed by atoms with Gasteiger partial charge in [-0.05, 0) is 32.9 Å². The Morgan fingerprint density at radius 2 is 2.00 bits per heavy atom. The first-order valence-corrected chi connectivity index (χ1v) is 6.94. The molecule has 1 fully saturated rings. The molecule has 0 spiro atoms. The summed E-state index contributed by atoms with van der Waals surface area (Å²) in [5.74, 6) is 0.0307. The van der Waals surface area contributed by atoms with Gasteiger partial charge in [-0.2, -0.15) is 0 Å². The van der Waals surface area contributed by atoms with Gasteiger partial charge >= 0.3 is 0 Å². The highest BCUT2D eigenvalue weighted by atomic mass is 16.5. The first-order valence-electron chi connectivity index (χ1n) is 6.94. The Bertz CT molecular complexity index is 640. The summed E-state index contributed by atoms with van der Waals surface area (Å²) in [7, 11) is 0. The van der Waals surface area contributed by atoms with Crippen LogP contribution in [0.15, 0.2) is 24.4 Å². The molecule has 0 saturated carbocycles. The molecule has 3 heterocycles. The topological polar surface area (TPSA) is 46.8 Å². The maximum Gasteiger partial charge on any atom is 0.272 e. The molecular weight excluding hydrogens is 254 g/mol. The van der Waals surface area contributed by atoms with Crippen LogP contribution >= 0.6 is 0 Å². The number of rotatable bonds is 1. The van der Waals surface area contributed by atoms with Gasteiger partial charge in [0.1, 0.15) is 11.3 Å². The first kappa shape index (κ1) is 13.1. The summed E-state index contributed by atoms with van der Waals surface area (Å²) in [5.41, 5.74) is 2.23. The van der Waals surface area contributed by atoms with Crippen molar-refractivity contribution in [3.8, 4) is 0 Å². The standard InChI is InChI=1S/C15H19N3O2/c1-10-8-17(9-11(2)20-10)15(19)14-12(3)16-13-6-4-5-7-18(13)14/h4-7,10-11H,8-9H2,1-3H3. The predicted octanol–water partition coefficient (Wildman–Crippen LogP) is 1.89. The number of amides is 1. The van der Waals surface area contributed by atoms with Crippen molar-refractivity contribution in [1.29, 1.82) is 0 Å². The lowest BCUT2D eigenvalue weighted by molar-refractivity contribution is -0.0587. The van der Waals surface area contributed by atoms with Crippen molar-refractivity contribution < 1.29 is 9.53 Å². The number of imidazole rings is 1. The molecule has 2 atom stereocenters. The number of hydrogen-bond donors (Lipinski definition) is 0. The molecule has 0 radical (unpaired) electrons. The Labute approximate surface area is 118 Å². The molecule has 2 unspecified atom stereocenters. The molecule has 20 heavy (non-hydrogen) atoms. The van der Waals surface area contributed by atoms with Crippen molar-refractivity contribution in [3.05, 3.63) is 35.8 Å². The normalized spacial score (nSPS) is 23.2. The number of pyridine rings is 1. The molecule has 2 aromatic heterocycles. The van der Waals surface area contributed by atoms with Gasteiger partial charge in [-0.1, -0.05) is 6.07 Å². The quantitative estimate of drug-likeness (QED) is 0.797. The van der Waals surface area contributed by atoms with Crippen molar-refractivity contribution in [2.45, 2.75) is 33.0 Å². The Morgan fingerprint density at radius 1 is 1.30 bits per heavy atom. The monoisotopic (exact) mass is 273 g/mol. The lowest BCUT2D eigenvalue weighted by atomic mass is 10.2. The van der Waals surface area contributed by atoms with Crippen molar-refractivity contribution in [2.24, 2.45) is 0 Å². The van der Waals surface area contributed by atoms with E-state index in [0.29, 0.717) is 18.8 Å². The summed E-state index contributed by atoms with van der Waals surface area (Å²) in [4.78, 5) is 19.1. The third-order valence-corrected chi connectivity index (χ3v) is 3.61. The van der Waals surface area contributed by atoms with Gasteiger partial charge < -0.3 is 9.64 Å². The van der Waals surface area contributed by atoms with Crippen molar-refractivity contribution in [1.82, 2.24) is 14.3 Å². The highest BCUT2D eigenvalue weighted by molar-refractivity contribution is 5.94. The number of fused-ring (bicyclic) bond motifs is 1. The van der Waals surface area contributed by atoms with Gasteiger partial charge in [0.15, 0.2) is 0 Å². The Balaban J connectivity index is 1.98. The van der Waals surface area contributed by atoms with Gasteiger partial charge in [0.2, 0.25) is 0 Å². The zero-order valence-corrected chi connectivity index (χ0v) is 12.0. The fraction of sp³-hybridized carbons (Fsp3) is 0.467. The van der Waals surface area contributed by atoms with Crippen molar-refractivity contribution in [3.63, 3.8) is 0 Å². The lowest BCUT2D eigenvalue weighted by Crippen LogP contribution is -2.48. The molecule has 5 nitrogen and oxygen atoms in total. The van der Waals surface area contributed by atoms with Crippen LogP contribution in [-0.2, 0) is 4.74 Å². The lowest BCUT2D eigenvalue weighted by Gasteiger charge is -2.35. The number of aromatic nitrogens is 2. The molecule has 3 rings (SSSR count). The van der Waals surface area contributed by atoms with E-state index in [1.54, 1.807) is 0 Å². The van der Waals surface area contributed by atoms with E-state index in [2.05, 4.69) is 4.98 Å². The van der Waals surface area contributed by atoms with Crippen LogP contribution in [0.4, 0.5) is 0 Å². The molecule has 0 aliphatic carbocycles. The van der Waals surface area contributed by atoms with E-state index in [9.17, 15) is 4.79 Å². The molecule has 0 N–H and O–H groups in total. The second-order valence-corrected chi connectivity index (χ2v) is 5.44. The van der Waals surface area contributed by atoms with E-state index in [-0.39, 0.29) is 18.1 Å². The van der Waals surface area contributed by atoms with Crippen LogP contribution in [0.25, 0.3) is 5.65 Å². The maximum atomic E-state index is 12.8. The number of hydrogen-bond acceptors (Lipinski definition) is 3. The van der Waals surface area contributed by atoms with Crippen molar-refractivity contribution >= 4 is 11.6 Å². The van der Waals surface area contributed by atoms with Gasteiger partial charge in [-0.25, -0.2) is 4.98 Å². The zero-order valence-electron chi connectivity index (χ0n) is 12.0. The number of nitrogens with zero attached hydrogens (tertiary/aromatic N) is 3. The highest BCUT2D eigenvalue weighted by Gasteiger charge is 2.29. The Hall–Kier alpha value is -1.88. The number of ether oxygens (including phenoxy) is 1. The third kappa shape index (κ3) is 2.18. The highest BCUT2D eigenvalue weighted by Crippen LogP contribution is 2.18. The van der Waals surface area contributed by atoms with Crippen LogP contribution in [0.2, 0.25) is 0 Å². The number of carbonyl (C=O) groups excluding carboxylic acids is 1. The summed E-state index contributed by atoms with van der Waals surface area (Å²) >= 11 is 0. The Kier molecular flexibility index (Phi) is 3.22. The molecule has 0 bridgehead atoms. The van der Waals surface area contributed by atoms with Crippen molar-refractivity contribution in [2.75, 3.05) is 13.1 Å². The average Bonchev–Trinajstić information content (AvgIpc) is 2.72. The van der Waals surface area contributed by atoms with Gasteiger partial charge in [0.05, 0.1) is 17.9 Å². The van der Waals surface area contributed by atoms with Crippen LogP contribution in [0.5, 0.6) is 0 Å². The van der Waals surface area contributed by atoms with E-state index in [4.69, 9.17) is 4.74 Å². The summed E-state index contributed by atoms with van der Waals surface area (Å²) in [5, 5.41) is 0. The van der Waals surface area contributed by atoms with Crippen LogP contribution < -0.4 is 0 Å². The smallest absolute Gasteiger partial charge is 0.272 e. The van der Waals surface area contributed by atoms with Gasteiger partial charge in [-0.3, -0.25) is 9.20 Å². The van der Waals surface area contributed by atoms with Crippen LogP contribution in [-0.4, -0.2) is 45.5 Å². The number of aryl methyl sites for hydroxylation is 1. The minimum Gasteiger partial charge on any atom is -0.372 e.